The number of nitrogens with two attached hydrogens (primary N) is 1. The lowest BCUT2D eigenvalue weighted by molar-refractivity contribution is 0.225. The second kappa shape index (κ2) is 4.36. The minimum Gasteiger partial charge on any atom is -0.497 e. The summed E-state index contributed by atoms with van der Waals surface area (Å²) >= 11 is 0. The lowest BCUT2D eigenvalue weighted by atomic mass is 10.1. The van der Waals surface area contributed by atoms with Crippen LogP contribution in [-0.4, -0.2) is 13.7 Å². The fourth-order valence-corrected chi connectivity index (χ4v) is 1.63. The van der Waals surface area contributed by atoms with Crippen LogP contribution in [0.2, 0.25) is 0 Å². The van der Waals surface area contributed by atoms with Crippen LogP contribution in [0.5, 0.6) is 5.75 Å². The summed E-state index contributed by atoms with van der Waals surface area (Å²) < 4.78 is 10.5. The first-order valence-electron chi connectivity index (χ1n) is 5.03. The molecule has 1 aromatic rings. The first-order valence-corrected chi connectivity index (χ1v) is 5.03. The molecule has 80 valence electrons. The molecule has 0 saturated heterocycles. The van der Waals surface area contributed by atoms with Gasteiger partial charge in [-0.1, -0.05) is 12.1 Å². The molecule has 1 aromatic carbocycles. The minimum absolute atomic E-state index is 0.154. The largest absolute Gasteiger partial charge is 0.497 e. The van der Waals surface area contributed by atoms with Crippen LogP contribution in [0.1, 0.15) is 18.0 Å². The van der Waals surface area contributed by atoms with E-state index in [4.69, 9.17) is 15.2 Å². The second-order valence-corrected chi connectivity index (χ2v) is 3.49. The zero-order valence-corrected chi connectivity index (χ0v) is 8.77. The van der Waals surface area contributed by atoms with Crippen LogP contribution >= 0.6 is 0 Å². The predicted octanol–water partition coefficient (Wildman–Crippen LogP) is 2.00. The molecule has 0 amide bonds. The smallest absolute Gasteiger partial charge is 0.118 e. The quantitative estimate of drug-likeness (QED) is 0.820. The van der Waals surface area contributed by atoms with Crippen LogP contribution in [0.15, 0.2) is 36.1 Å². The first-order chi connectivity index (χ1) is 7.31. The highest BCUT2D eigenvalue weighted by Gasteiger charge is 2.16. The molecule has 0 saturated carbocycles. The molecule has 1 atom stereocenters. The van der Waals surface area contributed by atoms with E-state index in [1.54, 1.807) is 7.11 Å². The zero-order valence-electron chi connectivity index (χ0n) is 8.77. The van der Waals surface area contributed by atoms with Gasteiger partial charge in [-0.05, 0) is 23.8 Å². The molecule has 3 heteroatoms. The van der Waals surface area contributed by atoms with E-state index in [1.807, 2.05) is 24.3 Å². The predicted molar refractivity (Wildman–Crippen MR) is 58.6 cm³/mol. The van der Waals surface area contributed by atoms with Gasteiger partial charge in [0.1, 0.15) is 11.5 Å². The summed E-state index contributed by atoms with van der Waals surface area (Å²) in [6.07, 6.45) is 3.01. The van der Waals surface area contributed by atoms with Crippen molar-refractivity contribution >= 4 is 0 Å². The maximum atomic E-state index is 6.06. The van der Waals surface area contributed by atoms with Crippen LogP contribution in [0.4, 0.5) is 0 Å². The van der Waals surface area contributed by atoms with E-state index >= 15 is 0 Å². The maximum absolute atomic E-state index is 6.06. The summed E-state index contributed by atoms with van der Waals surface area (Å²) in [6.45, 7) is 0.749. The fraction of sp³-hybridized carbons (Fsp3) is 0.333. The van der Waals surface area contributed by atoms with E-state index in [0.29, 0.717) is 0 Å². The Morgan fingerprint density at radius 2 is 2.07 bits per heavy atom. The van der Waals surface area contributed by atoms with Crippen molar-refractivity contribution in [2.75, 3.05) is 13.7 Å². The number of benzene rings is 1. The van der Waals surface area contributed by atoms with Gasteiger partial charge in [0.25, 0.3) is 0 Å². The van der Waals surface area contributed by atoms with Gasteiger partial charge in [-0.3, -0.25) is 0 Å². The van der Waals surface area contributed by atoms with Gasteiger partial charge in [0.05, 0.1) is 19.8 Å². The number of hydrogen-bond acceptors (Lipinski definition) is 3. The lowest BCUT2D eigenvalue weighted by Crippen LogP contribution is -2.13. The Morgan fingerprint density at radius 3 is 2.60 bits per heavy atom. The van der Waals surface area contributed by atoms with Crippen molar-refractivity contribution < 1.29 is 9.47 Å². The van der Waals surface area contributed by atoms with Gasteiger partial charge in [0, 0.05) is 6.42 Å². The van der Waals surface area contributed by atoms with E-state index in [-0.39, 0.29) is 6.04 Å². The summed E-state index contributed by atoms with van der Waals surface area (Å²) in [5.41, 5.74) is 7.10. The number of rotatable bonds is 3. The van der Waals surface area contributed by atoms with Crippen molar-refractivity contribution in [3.05, 3.63) is 41.7 Å². The Hall–Kier alpha value is -1.48. The Balaban J connectivity index is 2.14. The standard InChI is InChI=1S/C12H15NO2/c1-14-10-6-4-9(5-7-10)12(13)11-3-2-8-15-11/h3-7,12H,2,8,13H2,1H3. The third-order valence-corrected chi connectivity index (χ3v) is 2.51. The average molecular weight is 205 g/mol. The van der Waals surface area contributed by atoms with Crippen LogP contribution in [0.3, 0.4) is 0 Å². The molecule has 3 nitrogen and oxygen atoms in total. The number of ether oxygens (including phenoxy) is 2. The third-order valence-electron chi connectivity index (χ3n) is 2.51. The lowest BCUT2D eigenvalue weighted by Gasteiger charge is -2.13. The second-order valence-electron chi connectivity index (χ2n) is 3.49. The van der Waals surface area contributed by atoms with Crippen molar-refractivity contribution in [3.8, 4) is 5.75 Å². The molecule has 2 rings (SSSR count). The van der Waals surface area contributed by atoms with E-state index in [0.717, 1.165) is 30.1 Å². The molecule has 0 radical (unpaired) electrons. The van der Waals surface area contributed by atoms with Crippen molar-refractivity contribution in [2.24, 2.45) is 5.73 Å². The first kappa shape index (κ1) is 10.1. The Bertz CT molecular complexity index is 356. The van der Waals surface area contributed by atoms with E-state index in [9.17, 15) is 0 Å². The summed E-state index contributed by atoms with van der Waals surface area (Å²) in [6, 6.07) is 7.59. The molecule has 1 heterocycles. The maximum Gasteiger partial charge on any atom is 0.118 e. The van der Waals surface area contributed by atoms with Crippen LogP contribution in [0, 0.1) is 0 Å². The molecule has 0 aromatic heterocycles. The van der Waals surface area contributed by atoms with Gasteiger partial charge < -0.3 is 15.2 Å². The highest BCUT2D eigenvalue weighted by atomic mass is 16.5. The van der Waals surface area contributed by atoms with Crippen molar-refractivity contribution in [1.82, 2.24) is 0 Å². The SMILES string of the molecule is COc1ccc(C(N)C2=CCCO2)cc1. The Morgan fingerprint density at radius 1 is 1.33 bits per heavy atom. The fourth-order valence-electron chi connectivity index (χ4n) is 1.63. The summed E-state index contributed by atoms with van der Waals surface area (Å²) in [7, 11) is 1.65. The molecule has 1 unspecified atom stereocenters. The summed E-state index contributed by atoms with van der Waals surface area (Å²) in [5.74, 6) is 1.72. The third kappa shape index (κ3) is 2.13. The Labute approximate surface area is 89.5 Å². The number of methoxy groups -OCH3 is 1. The average Bonchev–Trinajstić information content (AvgIpc) is 2.82. The summed E-state index contributed by atoms with van der Waals surface area (Å²) in [5, 5.41) is 0. The van der Waals surface area contributed by atoms with Crippen molar-refractivity contribution in [3.63, 3.8) is 0 Å². The van der Waals surface area contributed by atoms with Gasteiger partial charge in [0.2, 0.25) is 0 Å². The molecule has 1 aliphatic rings. The molecule has 1 aliphatic heterocycles. The van der Waals surface area contributed by atoms with Gasteiger partial charge in [-0.15, -0.1) is 0 Å². The van der Waals surface area contributed by atoms with Crippen molar-refractivity contribution in [1.29, 1.82) is 0 Å². The van der Waals surface area contributed by atoms with Gasteiger partial charge in [-0.2, -0.15) is 0 Å². The molecule has 2 N–H and O–H groups in total. The summed E-state index contributed by atoms with van der Waals surface area (Å²) in [4.78, 5) is 0. The van der Waals surface area contributed by atoms with Gasteiger partial charge in [-0.25, -0.2) is 0 Å². The minimum atomic E-state index is -0.154. The van der Waals surface area contributed by atoms with E-state index in [1.165, 1.54) is 0 Å². The normalized spacial score (nSPS) is 16.8. The molecule has 0 fully saturated rings. The van der Waals surface area contributed by atoms with Gasteiger partial charge >= 0.3 is 0 Å². The number of hydrogen-bond donors (Lipinski definition) is 1. The van der Waals surface area contributed by atoms with Crippen molar-refractivity contribution in [2.45, 2.75) is 12.5 Å². The van der Waals surface area contributed by atoms with Gasteiger partial charge in [0.15, 0.2) is 0 Å². The zero-order chi connectivity index (χ0) is 10.7. The highest BCUT2D eigenvalue weighted by Crippen LogP contribution is 2.25. The van der Waals surface area contributed by atoms with Crippen LogP contribution < -0.4 is 10.5 Å². The molecular weight excluding hydrogens is 190 g/mol. The molecule has 0 spiro atoms. The van der Waals surface area contributed by atoms with Crippen LogP contribution in [-0.2, 0) is 4.74 Å². The molecule has 15 heavy (non-hydrogen) atoms. The monoisotopic (exact) mass is 205 g/mol. The topological polar surface area (TPSA) is 44.5 Å². The highest BCUT2D eigenvalue weighted by molar-refractivity contribution is 5.32. The Kier molecular flexibility index (Phi) is 2.92. The van der Waals surface area contributed by atoms with Crippen LogP contribution in [0.25, 0.3) is 0 Å². The van der Waals surface area contributed by atoms with E-state index in [2.05, 4.69) is 6.08 Å². The van der Waals surface area contributed by atoms with E-state index < -0.39 is 0 Å². The molecular formula is C12H15NO2. The molecule has 0 aliphatic carbocycles. The molecule has 0 bridgehead atoms.